The molecule has 4 amide bonds. The number of benzene rings is 1. The minimum Gasteiger partial charge on any atom is -0.378 e. The first-order chi connectivity index (χ1) is 12.7. The van der Waals surface area contributed by atoms with E-state index in [0.717, 1.165) is 31.2 Å². The summed E-state index contributed by atoms with van der Waals surface area (Å²) in [4.78, 5) is 26.5. The predicted octanol–water partition coefficient (Wildman–Crippen LogP) is 1.84. The zero-order valence-electron chi connectivity index (χ0n) is 15.1. The standard InChI is InChI=1S/C19H28N4O3/c24-18(20-14-15-6-2-1-3-7-15)21-16-8-4-5-9-17(16)22-19(25)23-10-12-26-13-11-23/h1-3,6-7,16-17H,4-5,8-14H2,(H,22,25)(H2,20,21,24). The molecule has 1 aliphatic carbocycles. The zero-order chi connectivity index (χ0) is 18.2. The number of nitrogens with zero attached hydrogens (tertiary/aromatic N) is 1. The van der Waals surface area contributed by atoms with E-state index in [2.05, 4.69) is 16.0 Å². The van der Waals surface area contributed by atoms with Crippen molar-refractivity contribution in [2.24, 2.45) is 0 Å². The highest BCUT2D eigenvalue weighted by Crippen LogP contribution is 2.19. The Morgan fingerprint density at radius 2 is 1.65 bits per heavy atom. The van der Waals surface area contributed by atoms with Crippen LogP contribution in [-0.2, 0) is 11.3 Å². The summed E-state index contributed by atoms with van der Waals surface area (Å²) in [5.74, 6) is 0. The average Bonchev–Trinajstić information content (AvgIpc) is 2.69. The Morgan fingerprint density at radius 3 is 2.35 bits per heavy atom. The summed E-state index contributed by atoms with van der Waals surface area (Å²) >= 11 is 0. The smallest absolute Gasteiger partial charge is 0.317 e. The van der Waals surface area contributed by atoms with Crippen LogP contribution in [-0.4, -0.2) is 55.3 Å². The minimum absolute atomic E-state index is 0.0263. The second-order valence-electron chi connectivity index (χ2n) is 6.86. The second kappa shape index (κ2) is 9.43. The third-order valence-electron chi connectivity index (χ3n) is 4.99. The fourth-order valence-electron chi connectivity index (χ4n) is 3.49. The van der Waals surface area contributed by atoms with E-state index in [9.17, 15) is 9.59 Å². The molecule has 1 aromatic rings. The van der Waals surface area contributed by atoms with E-state index in [0.29, 0.717) is 32.8 Å². The van der Waals surface area contributed by atoms with Crippen molar-refractivity contribution < 1.29 is 14.3 Å². The van der Waals surface area contributed by atoms with Crippen molar-refractivity contribution in [3.63, 3.8) is 0 Å². The van der Waals surface area contributed by atoms with Gasteiger partial charge in [-0.3, -0.25) is 0 Å². The number of ether oxygens (including phenoxy) is 1. The molecule has 1 aromatic carbocycles. The average molecular weight is 360 g/mol. The van der Waals surface area contributed by atoms with E-state index in [-0.39, 0.29) is 24.1 Å². The van der Waals surface area contributed by atoms with Gasteiger partial charge in [-0.1, -0.05) is 43.2 Å². The van der Waals surface area contributed by atoms with Crippen molar-refractivity contribution >= 4 is 12.1 Å². The quantitative estimate of drug-likeness (QED) is 0.766. The Hall–Kier alpha value is -2.28. The molecule has 3 N–H and O–H groups in total. The van der Waals surface area contributed by atoms with Gasteiger partial charge in [0.1, 0.15) is 0 Å². The second-order valence-corrected chi connectivity index (χ2v) is 6.86. The number of urea groups is 2. The van der Waals surface area contributed by atoms with Crippen molar-refractivity contribution in [3.05, 3.63) is 35.9 Å². The van der Waals surface area contributed by atoms with Gasteiger partial charge in [0.05, 0.1) is 25.3 Å². The van der Waals surface area contributed by atoms with Crippen LogP contribution < -0.4 is 16.0 Å². The van der Waals surface area contributed by atoms with Gasteiger partial charge in [-0.05, 0) is 18.4 Å². The minimum atomic E-state index is -0.189. The number of carbonyl (C=O) groups excluding carboxylic acids is 2. The fraction of sp³-hybridized carbons (Fsp3) is 0.579. The number of carbonyl (C=O) groups is 2. The molecule has 7 nitrogen and oxygen atoms in total. The van der Waals surface area contributed by atoms with Crippen LogP contribution in [0.4, 0.5) is 9.59 Å². The topological polar surface area (TPSA) is 82.7 Å². The van der Waals surface area contributed by atoms with E-state index in [1.807, 2.05) is 30.3 Å². The van der Waals surface area contributed by atoms with Crippen molar-refractivity contribution in [1.82, 2.24) is 20.9 Å². The van der Waals surface area contributed by atoms with Crippen molar-refractivity contribution in [2.75, 3.05) is 26.3 Å². The van der Waals surface area contributed by atoms with E-state index in [1.165, 1.54) is 0 Å². The van der Waals surface area contributed by atoms with Gasteiger partial charge in [0.25, 0.3) is 0 Å². The van der Waals surface area contributed by atoms with Crippen LogP contribution in [0, 0.1) is 0 Å². The maximum Gasteiger partial charge on any atom is 0.317 e. The van der Waals surface area contributed by atoms with Gasteiger partial charge in [-0.25, -0.2) is 9.59 Å². The first kappa shape index (κ1) is 18.5. The summed E-state index contributed by atoms with van der Waals surface area (Å²) in [5.41, 5.74) is 1.06. The third kappa shape index (κ3) is 5.36. The van der Waals surface area contributed by atoms with E-state index >= 15 is 0 Å². The number of morpholine rings is 1. The van der Waals surface area contributed by atoms with Gasteiger partial charge < -0.3 is 25.6 Å². The molecule has 1 saturated heterocycles. The first-order valence-corrected chi connectivity index (χ1v) is 9.44. The van der Waals surface area contributed by atoms with Crippen molar-refractivity contribution in [2.45, 2.75) is 44.3 Å². The molecule has 0 bridgehead atoms. The normalized spacial score (nSPS) is 23.2. The first-order valence-electron chi connectivity index (χ1n) is 9.44. The van der Waals surface area contributed by atoms with Gasteiger partial charge >= 0.3 is 12.1 Å². The van der Waals surface area contributed by atoms with Gasteiger partial charge in [0.15, 0.2) is 0 Å². The molecular formula is C19H28N4O3. The highest BCUT2D eigenvalue weighted by atomic mass is 16.5. The SMILES string of the molecule is O=C(NCc1ccccc1)NC1CCCCC1NC(=O)N1CCOCC1. The van der Waals surface area contributed by atoms with Crippen LogP contribution in [0.25, 0.3) is 0 Å². The summed E-state index contributed by atoms with van der Waals surface area (Å²) < 4.78 is 5.29. The summed E-state index contributed by atoms with van der Waals surface area (Å²) in [6, 6.07) is 9.50. The summed E-state index contributed by atoms with van der Waals surface area (Å²) in [6.07, 6.45) is 3.90. The molecule has 0 spiro atoms. The molecular weight excluding hydrogens is 332 g/mol. The lowest BCUT2D eigenvalue weighted by molar-refractivity contribution is 0.0517. The fourth-order valence-corrected chi connectivity index (χ4v) is 3.49. The molecule has 26 heavy (non-hydrogen) atoms. The zero-order valence-corrected chi connectivity index (χ0v) is 15.1. The van der Waals surface area contributed by atoms with E-state index < -0.39 is 0 Å². The Balaban J connectivity index is 1.48. The van der Waals surface area contributed by atoms with Gasteiger partial charge in [0.2, 0.25) is 0 Å². The highest BCUT2D eigenvalue weighted by molar-refractivity contribution is 5.76. The lowest BCUT2D eigenvalue weighted by Crippen LogP contribution is -2.58. The number of rotatable bonds is 4. The predicted molar refractivity (Wildman–Crippen MR) is 98.8 cm³/mol. The third-order valence-corrected chi connectivity index (χ3v) is 4.99. The molecule has 3 rings (SSSR count). The molecule has 1 aliphatic heterocycles. The van der Waals surface area contributed by atoms with Gasteiger partial charge in [-0.2, -0.15) is 0 Å². The molecule has 1 saturated carbocycles. The maximum atomic E-state index is 12.4. The van der Waals surface area contributed by atoms with Gasteiger partial charge in [-0.15, -0.1) is 0 Å². The number of amides is 4. The Morgan fingerprint density at radius 1 is 1.00 bits per heavy atom. The monoisotopic (exact) mass is 360 g/mol. The van der Waals surface area contributed by atoms with E-state index in [4.69, 9.17) is 4.74 Å². The summed E-state index contributed by atoms with van der Waals surface area (Å²) in [5, 5.41) is 9.04. The lowest BCUT2D eigenvalue weighted by atomic mass is 9.90. The van der Waals surface area contributed by atoms with Crippen LogP contribution in [0.5, 0.6) is 0 Å². The van der Waals surface area contributed by atoms with Crippen LogP contribution in [0.3, 0.4) is 0 Å². The van der Waals surface area contributed by atoms with Crippen LogP contribution in [0.15, 0.2) is 30.3 Å². The largest absolute Gasteiger partial charge is 0.378 e. The number of hydrogen-bond acceptors (Lipinski definition) is 3. The molecule has 2 unspecified atom stereocenters. The molecule has 7 heteroatoms. The van der Waals surface area contributed by atoms with Crippen molar-refractivity contribution in [1.29, 1.82) is 0 Å². The van der Waals surface area contributed by atoms with Crippen LogP contribution >= 0.6 is 0 Å². The summed E-state index contributed by atoms with van der Waals surface area (Å²) in [6.45, 7) is 2.90. The Labute approximate surface area is 154 Å². The molecule has 0 radical (unpaired) electrons. The Kier molecular flexibility index (Phi) is 6.71. The number of hydrogen-bond donors (Lipinski definition) is 3. The van der Waals surface area contributed by atoms with Gasteiger partial charge in [0, 0.05) is 19.6 Å². The van der Waals surface area contributed by atoms with E-state index in [1.54, 1.807) is 4.90 Å². The van der Waals surface area contributed by atoms with Crippen molar-refractivity contribution in [3.8, 4) is 0 Å². The molecule has 2 atom stereocenters. The van der Waals surface area contributed by atoms with Crippen LogP contribution in [0.1, 0.15) is 31.2 Å². The molecule has 142 valence electrons. The molecule has 1 heterocycles. The summed E-state index contributed by atoms with van der Waals surface area (Å²) in [7, 11) is 0. The molecule has 2 aliphatic rings. The number of nitrogens with one attached hydrogen (secondary N) is 3. The molecule has 0 aromatic heterocycles. The van der Waals surface area contributed by atoms with Crippen LogP contribution in [0.2, 0.25) is 0 Å². The highest BCUT2D eigenvalue weighted by Gasteiger charge is 2.29. The Bertz CT molecular complexity index is 590. The lowest BCUT2D eigenvalue weighted by Gasteiger charge is -2.35. The maximum absolute atomic E-state index is 12.4. The molecule has 2 fully saturated rings.